The van der Waals surface area contributed by atoms with Crippen LogP contribution in [0.2, 0.25) is 0 Å². The van der Waals surface area contributed by atoms with Gasteiger partial charge < -0.3 is 9.47 Å². The molecule has 3 aromatic carbocycles. The van der Waals surface area contributed by atoms with E-state index in [1.807, 2.05) is 55.5 Å². The minimum Gasteiger partial charge on any atom is -0.437 e. The Morgan fingerprint density at radius 1 is 0.931 bits per heavy atom. The summed E-state index contributed by atoms with van der Waals surface area (Å²) in [5, 5.41) is 0. The molecule has 0 bridgehead atoms. The van der Waals surface area contributed by atoms with E-state index in [1.165, 1.54) is 7.11 Å². The zero-order valence-corrected chi connectivity index (χ0v) is 18.0. The Balaban J connectivity index is 1.93. The van der Waals surface area contributed by atoms with E-state index >= 15 is 0 Å². The van der Waals surface area contributed by atoms with Gasteiger partial charge in [-0.25, -0.2) is 4.79 Å². The Hall–Kier alpha value is -2.87. The van der Waals surface area contributed by atoms with Crippen LogP contribution in [0.15, 0.2) is 72.8 Å². The summed E-state index contributed by atoms with van der Waals surface area (Å²) in [4.78, 5) is 24.5. The molecule has 1 aliphatic rings. The van der Waals surface area contributed by atoms with Crippen LogP contribution in [0, 0.1) is 6.92 Å². The molecule has 0 aliphatic carbocycles. The zero-order chi connectivity index (χ0) is 20.6. The number of aryl methyl sites for hydroxylation is 1. The molecule has 146 valence electrons. The number of benzene rings is 3. The molecule has 6 heteroatoms. The minimum atomic E-state index is -0.786. The van der Waals surface area contributed by atoms with Crippen LogP contribution in [-0.4, -0.2) is 22.3 Å². The first kappa shape index (κ1) is 19.4. The number of carbonyl (C=O) groups excluding carboxylic acids is 2. The largest absolute Gasteiger partial charge is 0.513 e. The number of rotatable bonds is 3. The molecule has 5 nitrogen and oxygen atoms in total. The smallest absolute Gasteiger partial charge is 0.437 e. The number of halogens is 1. The highest BCUT2D eigenvalue weighted by Gasteiger charge is 2.51. The van der Waals surface area contributed by atoms with Gasteiger partial charge in [-0.15, -0.1) is 0 Å². The molecule has 0 N–H and O–H groups in total. The molecule has 3 aromatic rings. The number of hydrogen-bond acceptors (Lipinski definition) is 4. The molecule has 0 fully saturated rings. The van der Waals surface area contributed by atoms with Crippen molar-refractivity contribution in [3.8, 4) is 5.75 Å². The first-order valence-corrected chi connectivity index (χ1v) is 9.98. The van der Waals surface area contributed by atoms with Crippen LogP contribution in [0.1, 0.15) is 32.6 Å². The van der Waals surface area contributed by atoms with Crippen molar-refractivity contribution in [2.45, 2.75) is 12.5 Å². The van der Waals surface area contributed by atoms with Gasteiger partial charge in [0.05, 0.1) is 30.0 Å². The second-order valence-corrected chi connectivity index (χ2v) is 7.75. The molecule has 0 saturated heterocycles. The van der Waals surface area contributed by atoms with Crippen molar-refractivity contribution in [1.82, 2.24) is 3.11 Å². The molecule has 1 unspecified atom stereocenters. The first-order chi connectivity index (χ1) is 14.0. The van der Waals surface area contributed by atoms with Gasteiger partial charge in [-0.3, -0.25) is 7.91 Å². The third-order valence-corrected chi connectivity index (χ3v) is 6.29. The van der Waals surface area contributed by atoms with E-state index < -0.39 is 11.7 Å². The maximum absolute atomic E-state index is 13.1. The summed E-state index contributed by atoms with van der Waals surface area (Å²) in [6.07, 6.45) is -0.775. The van der Waals surface area contributed by atoms with E-state index in [4.69, 9.17) is 4.74 Å². The van der Waals surface area contributed by atoms with Gasteiger partial charge in [0.25, 0.3) is 5.91 Å². The van der Waals surface area contributed by atoms with Crippen molar-refractivity contribution in [2.75, 3.05) is 7.11 Å². The third kappa shape index (κ3) is 3.07. The lowest BCUT2D eigenvalue weighted by atomic mass is 9.78. The van der Waals surface area contributed by atoms with E-state index in [0.29, 0.717) is 11.3 Å². The van der Waals surface area contributed by atoms with Crippen molar-refractivity contribution in [2.24, 2.45) is 0 Å². The summed E-state index contributed by atoms with van der Waals surface area (Å²) in [6, 6.07) is 23.0. The highest BCUT2D eigenvalue weighted by atomic mass is 127. The van der Waals surface area contributed by atoms with E-state index in [0.717, 1.165) is 22.3 Å². The quantitative estimate of drug-likeness (QED) is 0.214. The predicted molar refractivity (Wildman–Crippen MR) is 117 cm³/mol. The number of ether oxygens (including phenoxy) is 2. The van der Waals surface area contributed by atoms with Crippen molar-refractivity contribution < 1.29 is 19.1 Å². The molecule has 0 aromatic heterocycles. The van der Waals surface area contributed by atoms with Crippen molar-refractivity contribution >= 4 is 34.9 Å². The third-order valence-electron chi connectivity index (χ3n) is 5.13. The predicted octanol–water partition coefficient (Wildman–Crippen LogP) is 5.24. The Kier molecular flexibility index (Phi) is 5.04. The molecular formula is C23H18INO4. The van der Waals surface area contributed by atoms with Crippen LogP contribution in [0.3, 0.4) is 0 Å². The van der Waals surface area contributed by atoms with Gasteiger partial charge in [0, 0.05) is 11.1 Å². The lowest BCUT2D eigenvalue weighted by Gasteiger charge is -2.36. The topological polar surface area (TPSA) is 55.8 Å². The fourth-order valence-electron chi connectivity index (χ4n) is 3.75. The molecule has 0 radical (unpaired) electrons. The Bertz CT molecular complexity index is 1080. The maximum Gasteiger partial charge on any atom is 0.513 e. The summed E-state index contributed by atoms with van der Waals surface area (Å²) >= 11 is 2.10. The van der Waals surface area contributed by atoms with E-state index in [2.05, 4.69) is 39.7 Å². The molecule has 1 heterocycles. The van der Waals surface area contributed by atoms with Crippen LogP contribution >= 0.6 is 22.9 Å². The normalized spacial score (nSPS) is 17.8. The molecule has 29 heavy (non-hydrogen) atoms. The average Bonchev–Trinajstić information content (AvgIpc) is 2.97. The molecule has 1 atom stereocenters. The first-order valence-electron chi connectivity index (χ1n) is 9.02. The molecule has 0 spiro atoms. The summed E-state index contributed by atoms with van der Waals surface area (Å²) in [5.74, 6) is 0.328. The molecule has 1 amide bonds. The van der Waals surface area contributed by atoms with E-state index in [1.54, 1.807) is 15.2 Å². The number of carbonyl (C=O) groups is 2. The fraction of sp³-hybridized carbons (Fsp3) is 0.130. The maximum atomic E-state index is 13.1. The van der Waals surface area contributed by atoms with Crippen molar-refractivity contribution in [3.63, 3.8) is 0 Å². The highest BCUT2D eigenvalue weighted by Crippen LogP contribution is 2.50. The van der Waals surface area contributed by atoms with Gasteiger partial charge in [0.15, 0.2) is 0 Å². The zero-order valence-electron chi connectivity index (χ0n) is 15.9. The van der Waals surface area contributed by atoms with Gasteiger partial charge in [-0.2, -0.15) is 0 Å². The van der Waals surface area contributed by atoms with Gasteiger partial charge in [-0.1, -0.05) is 60.2 Å². The fourth-order valence-corrected chi connectivity index (χ4v) is 4.83. The number of nitrogens with zero attached hydrogens (tertiary/aromatic N) is 1. The van der Waals surface area contributed by atoms with Crippen molar-refractivity contribution in [1.29, 1.82) is 0 Å². The van der Waals surface area contributed by atoms with E-state index in [9.17, 15) is 9.59 Å². The number of methoxy groups -OCH3 is 1. The Morgan fingerprint density at radius 2 is 1.52 bits per heavy atom. The summed E-state index contributed by atoms with van der Waals surface area (Å²) in [6.45, 7) is 2.03. The van der Waals surface area contributed by atoms with E-state index in [-0.39, 0.29) is 5.91 Å². The van der Waals surface area contributed by atoms with Crippen LogP contribution in [-0.2, 0) is 10.3 Å². The second-order valence-electron chi connectivity index (χ2n) is 6.79. The lowest BCUT2D eigenvalue weighted by molar-refractivity contribution is 0.0867. The van der Waals surface area contributed by atoms with Crippen LogP contribution in [0.4, 0.5) is 4.79 Å². The number of amides is 1. The monoisotopic (exact) mass is 499 g/mol. The Labute approximate surface area is 182 Å². The highest BCUT2D eigenvalue weighted by molar-refractivity contribution is 14.1. The van der Waals surface area contributed by atoms with Crippen molar-refractivity contribution in [3.05, 3.63) is 101 Å². The van der Waals surface area contributed by atoms with Gasteiger partial charge in [0.1, 0.15) is 11.3 Å². The lowest BCUT2D eigenvalue weighted by Crippen LogP contribution is -2.39. The summed E-state index contributed by atoms with van der Waals surface area (Å²) < 4.78 is 11.4. The van der Waals surface area contributed by atoms with Gasteiger partial charge >= 0.3 is 6.16 Å². The summed E-state index contributed by atoms with van der Waals surface area (Å²) in [5.41, 5.74) is 3.83. The summed E-state index contributed by atoms with van der Waals surface area (Å²) in [7, 11) is 1.26. The number of fused-ring (bicyclic) bond motifs is 1. The van der Waals surface area contributed by atoms with Crippen LogP contribution in [0.5, 0.6) is 5.75 Å². The molecule has 1 aliphatic heterocycles. The van der Waals surface area contributed by atoms with Gasteiger partial charge in [0.2, 0.25) is 0 Å². The van der Waals surface area contributed by atoms with Crippen LogP contribution < -0.4 is 4.74 Å². The standard InChI is InChI=1S/C23H18INO4/c1-15-7-9-16(10-8-15)23(17-11-13-18(14-12-17)29-22(27)28-2)20-6-4-3-5-19(20)21(26)25(23)24/h3-14H,1-2H3. The number of hydrogen-bond donors (Lipinski definition) is 0. The molecule has 0 saturated carbocycles. The second kappa shape index (κ2) is 7.51. The Morgan fingerprint density at radius 3 is 2.14 bits per heavy atom. The average molecular weight is 499 g/mol. The van der Waals surface area contributed by atoms with Crippen LogP contribution in [0.25, 0.3) is 0 Å². The molecule has 4 rings (SSSR count). The van der Waals surface area contributed by atoms with Gasteiger partial charge in [-0.05, 0) is 36.2 Å². The SMILES string of the molecule is COC(=O)Oc1ccc(C2(c3ccc(C)cc3)c3ccccc3C(=O)N2I)cc1. The molecular weight excluding hydrogens is 481 g/mol. The minimum absolute atomic E-state index is 0.0448.